The number of hydrogen-bond acceptors (Lipinski definition) is 3. The molecule has 25 heavy (non-hydrogen) atoms. The molecule has 1 atom stereocenters. The number of nitrogens with one attached hydrogen (secondary N) is 2. The second-order valence-electron chi connectivity index (χ2n) is 5.69. The van der Waals surface area contributed by atoms with E-state index in [1.807, 2.05) is 6.07 Å². The Labute approximate surface area is 174 Å². The maximum absolute atomic E-state index is 13.3. The summed E-state index contributed by atoms with van der Waals surface area (Å²) in [4.78, 5) is 4.16. The molecule has 0 radical (unpaired) electrons. The molecule has 1 fully saturated rings. The highest BCUT2D eigenvalue weighted by atomic mass is 127. The topological polar surface area (TPSA) is 54.9 Å². The van der Waals surface area contributed by atoms with E-state index in [4.69, 9.17) is 9.47 Å². The first-order chi connectivity index (χ1) is 11.7. The van der Waals surface area contributed by atoms with Crippen molar-refractivity contribution in [2.24, 2.45) is 4.99 Å². The second-order valence-corrected chi connectivity index (χ2v) is 6.61. The van der Waals surface area contributed by atoms with Crippen LogP contribution in [-0.2, 0) is 16.0 Å². The lowest BCUT2D eigenvalue weighted by Crippen LogP contribution is -2.37. The number of aliphatic imine (C=N–C) groups is 1. The molecule has 1 aromatic carbocycles. The molecule has 5 nitrogen and oxygen atoms in total. The van der Waals surface area contributed by atoms with Gasteiger partial charge in [-0.3, -0.25) is 4.99 Å². The van der Waals surface area contributed by atoms with Gasteiger partial charge < -0.3 is 20.1 Å². The van der Waals surface area contributed by atoms with E-state index in [1.165, 1.54) is 12.1 Å². The Morgan fingerprint density at radius 3 is 2.92 bits per heavy atom. The fourth-order valence-corrected chi connectivity index (χ4v) is 3.00. The van der Waals surface area contributed by atoms with Crippen LogP contribution in [0.3, 0.4) is 0 Å². The molecule has 0 aliphatic carbocycles. The van der Waals surface area contributed by atoms with E-state index < -0.39 is 0 Å². The molecule has 0 bridgehead atoms. The molecule has 0 spiro atoms. The zero-order valence-electron chi connectivity index (χ0n) is 14.4. The van der Waals surface area contributed by atoms with Gasteiger partial charge >= 0.3 is 0 Å². The van der Waals surface area contributed by atoms with E-state index in [9.17, 15) is 4.39 Å². The molecule has 0 amide bonds. The van der Waals surface area contributed by atoms with E-state index in [-0.39, 0.29) is 35.9 Å². The summed E-state index contributed by atoms with van der Waals surface area (Å²) in [6, 6.07) is 4.82. The lowest BCUT2D eigenvalue weighted by molar-refractivity contribution is 0.0168. The first kappa shape index (κ1) is 22.6. The molecule has 1 unspecified atom stereocenters. The average Bonchev–Trinajstić information content (AvgIpc) is 3.06. The molecule has 0 saturated carbocycles. The molecule has 0 aromatic heterocycles. The standard InChI is InChI=1S/C17H25BrFN3O2.HI/c1-20-17(22-11-13-8-14(18)10-15(19)9-13)21-5-3-6-23-12-16-4-2-7-24-16;/h8-10,16H,2-7,11-12H2,1H3,(H2,20,21,22);1H. The predicted molar refractivity (Wildman–Crippen MR) is 112 cm³/mol. The zero-order chi connectivity index (χ0) is 17.2. The van der Waals surface area contributed by atoms with Crippen molar-refractivity contribution in [3.05, 3.63) is 34.1 Å². The van der Waals surface area contributed by atoms with E-state index in [0.717, 1.165) is 42.5 Å². The van der Waals surface area contributed by atoms with Crippen LogP contribution in [-0.4, -0.2) is 45.5 Å². The van der Waals surface area contributed by atoms with Gasteiger partial charge in [-0.25, -0.2) is 4.39 Å². The van der Waals surface area contributed by atoms with E-state index in [2.05, 4.69) is 31.6 Å². The minimum Gasteiger partial charge on any atom is -0.379 e. The highest BCUT2D eigenvalue weighted by molar-refractivity contribution is 14.0. The molecule has 8 heteroatoms. The molecular formula is C17H26BrFIN3O2. The van der Waals surface area contributed by atoms with Crippen LogP contribution in [0.4, 0.5) is 4.39 Å². The molecule has 2 N–H and O–H groups in total. The Bertz CT molecular complexity index is 522. The van der Waals surface area contributed by atoms with Crippen molar-refractivity contribution >= 4 is 45.9 Å². The molecule has 1 aliphatic rings. The molecule has 1 aromatic rings. The van der Waals surface area contributed by atoms with Crippen molar-refractivity contribution in [1.29, 1.82) is 0 Å². The summed E-state index contributed by atoms with van der Waals surface area (Å²) < 4.78 is 25.2. The smallest absolute Gasteiger partial charge is 0.191 e. The monoisotopic (exact) mass is 529 g/mol. The number of halogens is 3. The first-order valence-electron chi connectivity index (χ1n) is 8.26. The summed E-state index contributed by atoms with van der Waals surface area (Å²) in [5, 5.41) is 6.39. The highest BCUT2D eigenvalue weighted by Gasteiger charge is 2.14. The number of nitrogens with zero attached hydrogens (tertiary/aromatic N) is 1. The van der Waals surface area contributed by atoms with Crippen molar-refractivity contribution < 1.29 is 13.9 Å². The van der Waals surface area contributed by atoms with Crippen LogP contribution >= 0.6 is 39.9 Å². The maximum atomic E-state index is 13.3. The Hall–Kier alpha value is -0.450. The van der Waals surface area contributed by atoms with Gasteiger partial charge in [-0.2, -0.15) is 0 Å². The number of rotatable bonds is 8. The van der Waals surface area contributed by atoms with Gasteiger partial charge in [-0.05, 0) is 43.0 Å². The predicted octanol–water partition coefficient (Wildman–Crippen LogP) is 3.46. The third-order valence-electron chi connectivity index (χ3n) is 3.69. The average molecular weight is 530 g/mol. The van der Waals surface area contributed by atoms with Gasteiger partial charge in [0.2, 0.25) is 0 Å². The summed E-state index contributed by atoms with van der Waals surface area (Å²) in [6.07, 6.45) is 3.40. The van der Waals surface area contributed by atoms with Crippen LogP contribution in [0, 0.1) is 5.82 Å². The van der Waals surface area contributed by atoms with Gasteiger partial charge in [-0.1, -0.05) is 15.9 Å². The van der Waals surface area contributed by atoms with Crippen molar-refractivity contribution in [2.45, 2.75) is 31.9 Å². The van der Waals surface area contributed by atoms with Crippen molar-refractivity contribution in [3.63, 3.8) is 0 Å². The SMILES string of the molecule is CN=C(NCCCOCC1CCCO1)NCc1cc(F)cc(Br)c1.I. The first-order valence-corrected chi connectivity index (χ1v) is 9.05. The zero-order valence-corrected chi connectivity index (χ0v) is 18.3. The molecular weight excluding hydrogens is 504 g/mol. The Balaban J connectivity index is 0.00000312. The van der Waals surface area contributed by atoms with Crippen molar-refractivity contribution in [1.82, 2.24) is 10.6 Å². The fourth-order valence-electron chi connectivity index (χ4n) is 2.49. The number of ether oxygens (including phenoxy) is 2. The van der Waals surface area contributed by atoms with Crippen LogP contribution in [0.25, 0.3) is 0 Å². The van der Waals surface area contributed by atoms with E-state index in [1.54, 1.807) is 7.05 Å². The molecule has 1 aliphatic heterocycles. The van der Waals surface area contributed by atoms with Crippen LogP contribution in [0.5, 0.6) is 0 Å². The Morgan fingerprint density at radius 1 is 1.40 bits per heavy atom. The van der Waals surface area contributed by atoms with Gasteiger partial charge in [0.1, 0.15) is 5.82 Å². The van der Waals surface area contributed by atoms with Crippen LogP contribution in [0.15, 0.2) is 27.7 Å². The van der Waals surface area contributed by atoms with Crippen molar-refractivity contribution in [2.75, 3.05) is 33.4 Å². The van der Waals surface area contributed by atoms with Crippen LogP contribution in [0.2, 0.25) is 0 Å². The van der Waals surface area contributed by atoms with Gasteiger partial charge in [0, 0.05) is 37.8 Å². The minimum absolute atomic E-state index is 0. The van der Waals surface area contributed by atoms with Gasteiger partial charge in [-0.15, -0.1) is 24.0 Å². The quantitative estimate of drug-likeness (QED) is 0.234. The second kappa shape index (κ2) is 12.8. The number of hydrogen-bond donors (Lipinski definition) is 2. The molecule has 1 saturated heterocycles. The summed E-state index contributed by atoms with van der Waals surface area (Å²) in [5.41, 5.74) is 0.852. The Kier molecular flexibility index (Phi) is 11.6. The molecule has 142 valence electrons. The lowest BCUT2D eigenvalue weighted by atomic mass is 10.2. The normalized spacial score (nSPS) is 17.2. The lowest BCUT2D eigenvalue weighted by Gasteiger charge is -2.13. The highest BCUT2D eigenvalue weighted by Crippen LogP contribution is 2.14. The Morgan fingerprint density at radius 2 is 2.24 bits per heavy atom. The van der Waals surface area contributed by atoms with Crippen LogP contribution < -0.4 is 10.6 Å². The minimum atomic E-state index is -0.257. The number of benzene rings is 1. The van der Waals surface area contributed by atoms with Crippen molar-refractivity contribution in [3.8, 4) is 0 Å². The van der Waals surface area contributed by atoms with Gasteiger partial charge in [0.05, 0.1) is 12.7 Å². The molecule has 2 rings (SSSR count). The third kappa shape index (κ3) is 9.16. The fraction of sp³-hybridized carbons (Fsp3) is 0.588. The van der Waals surface area contributed by atoms with Gasteiger partial charge in [0.25, 0.3) is 0 Å². The summed E-state index contributed by atoms with van der Waals surface area (Å²) in [5.74, 6) is 0.432. The molecule has 1 heterocycles. The summed E-state index contributed by atoms with van der Waals surface area (Å²) in [6.45, 7) is 3.51. The van der Waals surface area contributed by atoms with Crippen LogP contribution in [0.1, 0.15) is 24.8 Å². The van der Waals surface area contributed by atoms with E-state index >= 15 is 0 Å². The summed E-state index contributed by atoms with van der Waals surface area (Å²) >= 11 is 3.29. The summed E-state index contributed by atoms with van der Waals surface area (Å²) in [7, 11) is 1.71. The van der Waals surface area contributed by atoms with E-state index in [0.29, 0.717) is 25.7 Å². The third-order valence-corrected chi connectivity index (χ3v) is 4.15. The number of guanidine groups is 1. The largest absolute Gasteiger partial charge is 0.379 e. The maximum Gasteiger partial charge on any atom is 0.191 e. The van der Waals surface area contributed by atoms with Gasteiger partial charge in [0.15, 0.2) is 5.96 Å².